The zero-order chi connectivity index (χ0) is 17.3. The number of sulfone groups is 1. The molecule has 8 nitrogen and oxygen atoms in total. The first-order valence-corrected chi connectivity index (χ1v) is 9.77. The van der Waals surface area contributed by atoms with E-state index in [1.165, 1.54) is 6.20 Å². The number of piperidine rings is 1. The quantitative estimate of drug-likeness (QED) is 0.888. The fourth-order valence-corrected chi connectivity index (χ4v) is 3.96. The monoisotopic (exact) mass is 351 g/mol. The summed E-state index contributed by atoms with van der Waals surface area (Å²) in [5, 5.41) is 10.8. The van der Waals surface area contributed by atoms with Gasteiger partial charge in [0.2, 0.25) is 5.91 Å². The molecule has 24 heavy (non-hydrogen) atoms. The molecular weight excluding hydrogens is 330 g/mol. The van der Waals surface area contributed by atoms with E-state index < -0.39 is 9.84 Å². The molecule has 2 aromatic heterocycles. The van der Waals surface area contributed by atoms with E-state index in [4.69, 9.17) is 0 Å². The summed E-state index contributed by atoms with van der Waals surface area (Å²) in [5.41, 5.74) is 1.49. The van der Waals surface area contributed by atoms with Gasteiger partial charge in [0.1, 0.15) is 11.4 Å². The lowest BCUT2D eigenvalue weighted by Gasteiger charge is -2.35. The topological polar surface area (TPSA) is 101 Å². The summed E-state index contributed by atoms with van der Waals surface area (Å²) >= 11 is 0. The van der Waals surface area contributed by atoms with E-state index in [0.717, 1.165) is 24.7 Å². The van der Waals surface area contributed by atoms with Crippen molar-refractivity contribution in [1.29, 1.82) is 0 Å². The molecule has 1 aliphatic rings. The summed E-state index contributed by atoms with van der Waals surface area (Å²) in [6.45, 7) is 2.67. The number of hydrogen-bond acceptors (Lipinski definition) is 5. The van der Waals surface area contributed by atoms with Crippen molar-refractivity contribution in [2.45, 2.75) is 43.7 Å². The van der Waals surface area contributed by atoms with E-state index in [1.807, 2.05) is 13.1 Å². The van der Waals surface area contributed by atoms with Crippen molar-refractivity contribution in [3.8, 4) is 0 Å². The van der Waals surface area contributed by atoms with E-state index >= 15 is 0 Å². The van der Waals surface area contributed by atoms with Crippen molar-refractivity contribution >= 4 is 15.7 Å². The number of rotatable bonds is 4. The number of aryl methyl sites for hydroxylation is 1. The number of nitrogens with one attached hydrogen (secondary N) is 1. The highest BCUT2D eigenvalue weighted by Crippen LogP contribution is 2.33. The standard InChI is InChI=1S/C15H21N5O3S/c1-11-7-17-19(9-11)10-14(21)20-6-4-3-5-12(20)15-13(8-16-18-15)24(2,22)23/h7-9,12H,3-6,10H2,1-2H3,(H,16,18)/t12-/m1/s1. The van der Waals surface area contributed by atoms with Gasteiger partial charge in [-0.05, 0) is 31.7 Å². The number of amides is 1. The lowest BCUT2D eigenvalue weighted by Crippen LogP contribution is -2.41. The first kappa shape index (κ1) is 16.7. The third-order valence-electron chi connectivity index (χ3n) is 4.25. The summed E-state index contributed by atoms with van der Waals surface area (Å²) in [7, 11) is -3.39. The average Bonchev–Trinajstić information content (AvgIpc) is 3.16. The predicted molar refractivity (Wildman–Crippen MR) is 87.0 cm³/mol. The van der Waals surface area contributed by atoms with Crippen LogP contribution in [0.25, 0.3) is 0 Å². The summed E-state index contributed by atoms with van der Waals surface area (Å²) in [6, 6.07) is -0.296. The smallest absolute Gasteiger partial charge is 0.244 e. The highest BCUT2D eigenvalue weighted by molar-refractivity contribution is 7.90. The first-order chi connectivity index (χ1) is 11.4. The minimum Gasteiger partial charge on any atom is -0.332 e. The van der Waals surface area contributed by atoms with Gasteiger partial charge in [-0.15, -0.1) is 0 Å². The molecule has 0 spiro atoms. The molecule has 0 bridgehead atoms. The molecule has 130 valence electrons. The van der Waals surface area contributed by atoms with Gasteiger partial charge in [0.15, 0.2) is 9.84 Å². The van der Waals surface area contributed by atoms with Gasteiger partial charge in [-0.3, -0.25) is 14.6 Å². The number of carbonyl (C=O) groups is 1. The second kappa shape index (κ2) is 6.39. The molecule has 1 saturated heterocycles. The second-order valence-corrected chi connectivity index (χ2v) is 8.22. The van der Waals surface area contributed by atoms with Crippen molar-refractivity contribution in [3.63, 3.8) is 0 Å². The number of aromatic amines is 1. The van der Waals surface area contributed by atoms with Crippen LogP contribution in [0.5, 0.6) is 0 Å². The van der Waals surface area contributed by atoms with Gasteiger partial charge < -0.3 is 4.90 Å². The van der Waals surface area contributed by atoms with Crippen molar-refractivity contribution < 1.29 is 13.2 Å². The van der Waals surface area contributed by atoms with Crippen molar-refractivity contribution in [2.24, 2.45) is 0 Å². The van der Waals surface area contributed by atoms with Gasteiger partial charge in [-0.1, -0.05) is 0 Å². The molecule has 1 fully saturated rings. The van der Waals surface area contributed by atoms with E-state index in [1.54, 1.807) is 15.8 Å². The molecule has 2 aromatic rings. The van der Waals surface area contributed by atoms with Crippen LogP contribution in [-0.4, -0.2) is 52.0 Å². The van der Waals surface area contributed by atoms with E-state index in [0.29, 0.717) is 18.7 Å². The zero-order valence-corrected chi connectivity index (χ0v) is 14.6. The molecule has 1 atom stereocenters. The summed E-state index contributed by atoms with van der Waals surface area (Å²) in [5.74, 6) is -0.0724. The maximum absolute atomic E-state index is 12.7. The maximum Gasteiger partial charge on any atom is 0.244 e. The molecule has 1 aliphatic heterocycles. The van der Waals surface area contributed by atoms with Gasteiger partial charge in [-0.25, -0.2) is 8.42 Å². The third kappa shape index (κ3) is 3.35. The second-order valence-electron chi connectivity index (χ2n) is 6.23. The van der Waals surface area contributed by atoms with E-state index in [9.17, 15) is 13.2 Å². The Kier molecular flexibility index (Phi) is 4.44. The molecular formula is C15H21N5O3S. The summed E-state index contributed by atoms with van der Waals surface area (Å²) in [6.07, 6.45) is 8.56. The average molecular weight is 351 g/mol. The molecule has 0 unspecified atom stereocenters. The lowest BCUT2D eigenvalue weighted by atomic mass is 9.99. The molecule has 1 N–H and O–H groups in total. The van der Waals surface area contributed by atoms with Gasteiger partial charge in [0, 0.05) is 19.0 Å². The van der Waals surface area contributed by atoms with Crippen LogP contribution in [0.4, 0.5) is 0 Å². The molecule has 0 aliphatic carbocycles. The van der Waals surface area contributed by atoms with Crippen LogP contribution < -0.4 is 0 Å². The third-order valence-corrected chi connectivity index (χ3v) is 5.37. The number of H-pyrrole nitrogens is 1. The Balaban J connectivity index is 1.86. The van der Waals surface area contributed by atoms with E-state index in [-0.39, 0.29) is 23.4 Å². The highest BCUT2D eigenvalue weighted by Gasteiger charge is 2.32. The van der Waals surface area contributed by atoms with Crippen molar-refractivity contribution in [2.75, 3.05) is 12.8 Å². The molecule has 1 amide bonds. The van der Waals surface area contributed by atoms with Crippen LogP contribution in [0.15, 0.2) is 23.5 Å². The Hall–Kier alpha value is -2.16. The fourth-order valence-electron chi connectivity index (χ4n) is 3.13. The molecule has 3 rings (SSSR count). The molecule has 0 saturated carbocycles. The predicted octanol–water partition coefficient (Wildman–Crippen LogP) is 1.07. The van der Waals surface area contributed by atoms with Crippen LogP contribution >= 0.6 is 0 Å². The molecule has 0 aromatic carbocycles. The maximum atomic E-state index is 12.7. The Morgan fingerprint density at radius 2 is 2.17 bits per heavy atom. The number of hydrogen-bond donors (Lipinski definition) is 1. The van der Waals surface area contributed by atoms with Gasteiger partial charge in [0.25, 0.3) is 0 Å². The van der Waals surface area contributed by atoms with Crippen LogP contribution in [0.2, 0.25) is 0 Å². The minimum absolute atomic E-state index is 0.0724. The number of nitrogens with zero attached hydrogens (tertiary/aromatic N) is 4. The summed E-state index contributed by atoms with van der Waals surface area (Å²) in [4.78, 5) is 14.6. The number of aromatic nitrogens is 4. The highest BCUT2D eigenvalue weighted by atomic mass is 32.2. The zero-order valence-electron chi connectivity index (χ0n) is 13.8. The molecule has 3 heterocycles. The van der Waals surface area contributed by atoms with Gasteiger partial charge in [-0.2, -0.15) is 10.2 Å². The van der Waals surface area contributed by atoms with Crippen molar-refractivity contribution in [3.05, 3.63) is 29.8 Å². The first-order valence-electron chi connectivity index (χ1n) is 7.88. The normalized spacial score (nSPS) is 18.8. The Labute approximate surface area is 140 Å². The lowest BCUT2D eigenvalue weighted by molar-refractivity contribution is -0.136. The van der Waals surface area contributed by atoms with E-state index in [2.05, 4.69) is 15.3 Å². The van der Waals surface area contributed by atoms with Crippen LogP contribution in [0, 0.1) is 6.92 Å². The van der Waals surface area contributed by atoms with Crippen LogP contribution in [-0.2, 0) is 21.2 Å². The molecule has 9 heteroatoms. The van der Waals surface area contributed by atoms with Crippen LogP contribution in [0.3, 0.4) is 0 Å². The SMILES string of the molecule is Cc1cnn(CC(=O)N2CCCC[C@@H]2c2[nH]ncc2S(C)(=O)=O)c1. The largest absolute Gasteiger partial charge is 0.332 e. The number of likely N-dealkylation sites (tertiary alicyclic amines) is 1. The Morgan fingerprint density at radius 3 is 2.83 bits per heavy atom. The van der Waals surface area contributed by atoms with Gasteiger partial charge in [0.05, 0.1) is 24.1 Å². The number of carbonyl (C=O) groups excluding carboxylic acids is 1. The fraction of sp³-hybridized carbons (Fsp3) is 0.533. The van der Waals surface area contributed by atoms with Crippen LogP contribution in [0.1, 0.15) is 36.6 Å². The van der Waals surface area contributed by atoms with Crippen molar-refractivity contribution in [1.82, 2.24) is 24.9 Å². The minimum atomic E-state index is -3.39. The Morgan fingerprint density at radius 1 is 1.38 bits per heavy atom. The molecule has 0 radical (unpaired) electrons. The summed E-state index contributed by atoms with van der Waals surface area (Å²) < 4.78 is 25.5. The Bertz CT molecular complexity index is 839. The van der Waals surface area contributed by atoms with Gasteiger partial charge >= 0.3 is 0 Å².